The number of hydrogen-bond acceptors (Lipinski definition) is 2. The number of allylic oxidation sites excluding steroid dienone is 1. The summed E-state index contributed by atoms with van der Waals surface area (Å²) in [4.78, 5) is 13.9. The molecular formula is C15H18FNO2. The summed E-state index contributed by atoms with van der Waals surface area (Å²) in [5.74, 6) is -0.350. The average Bonchev–Trinajstić information content (AvgIpc) is 2.43. The Bertz CT molecular complexity index is 481. The summed E-state index contributed by atoms with van der Waals surface area (Å²) in [6.45, 7) is 2.32. The summed E-state index contributed by atoms with van der Waals surface area (Å²) < 4.78 is 12.9. The smallest absolute Gasteiger partial charge is 0.250 e. The van der Waals surface area contributed by atoms with E-state index in [1.165, 1.54) is 12.1 Å². The second-order valence-corrected chi connectivity index (χ2v) is 4.67. The van der Waals surface area contributed by atoms with Crippen molar-refractivity contribution in [1.82, 2.24) is 4.90 Å². The van der Waals surface area contributed by atoms with Gasteiger partial charge in [0.15, 0.2) is 0 Å². The Labute approximate surface area is 112 Å². The maximum Gasteiger partial charge on any atom is 0.250 e. The zero-order chi connectivity index (χ0) is 13.8. The minimum Gasteiger partial charge on any atom is -0.394 e. The third-order valence-electron chi connectivity index (χ3n) is 3.53. The molecule has 0 aromatic heterocycles. The lowest BCUT2D eigenvalue weighted by atomic mass is 9.98. The first-order valence-corrected chi connectivity index (χ1v) is 6.50. The second kappa shape index (κ2) is 5.97. The highest BCUT2D eigenvalue weighted by Gasteiger charge is 2.29. The van der Waals surface area contributed by atoms with Crippen LogP contribution in [0.2, 0.25) is 0 Å². The zero-order valence-corrected chi connectivity index (χ0v) is 11.0. The van der Waals surface area contributed by atoms with Crippen LogP contribution in [-0.4, -0.2) is 29.1 Å². The fraction of sp³-hybridized carbons (Fsp3) is 0.400. The predicted octanol–water partition coefficient (Wildman–Crippen LogP) is 2.43. The average molecular weight is 263 g/mol. The summed E-state index contributed by atoms with van der Waals surface area (Å²) in [6, 6.07) is 5.54. The first kappa shape index (κ1) is 13.7. The predicted molar refractivity (Wildman–Crippen MR) is 70.9 cm³/mol. The van der Waals surface area contributed by atoms with E-state index < -0.39 is 6.04 Å². The highest BCUT2D eigenvalue weighted by molar-refractivity contribution is 5.94. The molecule has 2 rings (SSSR count). The Morgan fingerprint density at radius 1 is 1.42 bits per heavy atom. The lowest BCUT2D eigenvalue weighted by Gasteiger charge is -2.35. The highest BCUT2D eigenvalue weighted by atomic mass is 19.1. The Kier molecular flexibility index (Phi) is 4.32. The Balaban J connectivity index is 2.26. The van der Waals surface area contributed by atoms with E-state index in [2.05, 4.69) is 0 Å². The van der Waals surface area contributed by atoms with Gasteiger partial charge in [0.2, 0.25) is 5.91 Å². The van der Waals surface area contributed by atoms with Crippen molar-refractivity contribution in [3.63, 3.8) is 0 Å². The molecule has 0 unspecified atom stereocenters. The van der Waals surface area contributed by atoms with Gasteiger partial charge >= 0.3 is 0 Å². The van der Waals surface area contributed by atoms with E-state index in [0.717, 1.165) is 24.0 Å². The van der Waals surface area contributed by atoms with Gasteiger partial charge in [-0.05, 0) is 37.5 Å². The third-order valence-corrected chi connectivity index (χ3v) is 3.53. The van der Waals surface area contributed by atoms with Gasteiger partial charge in [-0.1, -0.05) is 18.2 Å². The summed E-state index contributed by atoms with van der Waals surface area (Å²) in [5, 5.41) is 9.57. The number of hydrogen-bond donors (Lipinski definition) is 1. The number of amides is 1. The SMILES string of the molecule is CC=C1CCCN([C@@H](CO)c2ccc(F)cc2)C1=O. The van der Waals surface area contributed by atoms with E-state index in [1.807, 2.05) is 13.0 Å². The number of benzene rings is 1. The summed E-state index contributed by atoms with van der Waals surface area (Å²) in [5.41, 5.74) is 1.54. The molecule has 1 fully saturated rings. The van der Waals surface area contributed by atoms with Gasteiger partial charge in [0.1, 0.15) is 5.82 Å². The molecule has 0 bridgehead atoms. The molecule has 1 heterocycles. The molecule has 0 saturated carbocycles. The number of halogens is 1. The second-order valence-electron chi connectivity index (χ2n) is 4.67. The van der Waals surface area contributed by atoms with Crippen molar-refractivity contribution < 1.29 is 14.3 Å². The maximum atomic E-state index is 12.9. The van der Waals surface area contributed by atoms with Gasteiger partial charge in [-0.15, -0.1) is 0 Å². The van der Waals surface area contributed by atoms with Gasteiger partial charge in [0.25, 0.3) is 0 Å². The van der Waals surface area contributed by atoms with Crippen molar-refractivity contribution in [3.05, 3.63) is 47.3 Å². The van der Waals surface area contributed by atoms with Crippen molar-refractivity contribution in [2.24, 2.45) is 0 Å². The summed E-state index contributed by atoms with van der Waals surface area (Å²) in [7, 11) is 0. The monoisotopic (exact) mass is 263 g/mol. The lowest BCUT2D eigenvalue weighted by Crippen LogP contribution is -2.41. The molecule has 3 nitrogen and oxygen atoms in total. The number of likely N-dealkylation sites (tertiary alicyclic amines) is 1. The number of carbonyl (C=O) groups is 1. The van der Waals surface area contributed by atoms with E-state index in [9.17, 15) is 14.3 Å². The minimum absolute atomic E-state index is 0.0304. The lowest BCUT2D eigenvalue weighted by molar-refractivity contribution is -0.132. The number of piperidine rings is 1. The molecule has 19 heavy (non-hydrogen) atoms. The topological polar surface area (TPSA) is 40.5 Å². The van der Waals surface area contributed by atoms with Gasteiger partial charge < -0.3 is 10.0 Å². The molecule has 1 saturated heterocycles. The molecule has 1 aliphatic heterocycles. The molecule has 1 N–H and O–H groups in total. The van der Waals surface area contributed by atoms with Gasteiger partial charge in [-0.25, -0.2) is 4.39 Å². The van der Waals surface area contributed by atoms with E-state index in [0.29, 0.717) is 6.54 Å². The Morgan fingerprint density at radius 3 is 2.68 bits per heavy atom. The van der Waals surface area contributed by atoms with Crippen LogP contribution in [0, 0.1) is 5.82 Å². The zero-order valence-electron chi connectivity index (χ0n) is 11.0. The van der Waals surface area contributed by atoms with E-state index in [-0.39, 0.29) is 18.3 Å². The Hall–Kier alpha value is -1.68. The highest BCUT2D eigenvalue weighted by Crippen LogP contribution is 2.27. The number of nitrogens with zero attached hydrogens (tertiary/aromatic N) is 1. The largest absolute Gasteiger partial charge is 0.394 e. The quantitative estimate of drug-likeness (QED) is 0.851. The number of carbonyl (C=O) groups excluding carboxylic acids is 1. The molecule has 1 atom stereocenters. The van der Waals surface area contributed by atoms with Crippen LogP contribution < -0.4 is 0 Å². The van der Waals surface area contributed by atoms with Crippen LogP contribution in [0.1, 0.15) is 31.4 Å². The van der Waals surface area contributed by atoms with Crippen LogP contribution in [-0.2, 0) is 4.79 Å². The van der Waals surface area contributed by atoms with Gasteiger partial charge in [0.05, 0.1) is 12.6 Å². The molecule has 1 aromatic rings. The van der Waals surface area contributed by atoms with Crippen LogP contribution in [0.15, 0.2) is 35.9 Å². The van der Waals surface area contributed by atoms with E-state index in [1.54, 1.807) is 17.0 Å². The van der Waals surface area contributed by atoms with Gasteiger partial charge in [0, 0.05) is 12.1 Å². The first-order valence-electron chi connectivity index (χ1n) is 6.50. The fourth-order valence-electron chi connectivity index (χ4n) is 2.47. The molecule has 1 aliphatic rings. The molecule has 1 aromatic carbocycles. The fourth-order valence-corrected chi connectivity index (χ4v) is 2.47. The van der Waals surface area contributed by atoms with E-state index in [4.69, 9.17) is 0 Å². The normalized spacial score (nSPS) is 19.8. The standard InChI is InChI=1S/C15H18FNO2/c1-2-11-4-3-9-17(15(11)19)14(10-18)12-5-7-13(16)8-6-12/h2,5-8,14,18H,3-4,9-10H2,1H3/t14-/m0/s1. The minimum atomic E-state index is -0.400. The third kappa shape index (κ3) is 2.84. The van der Waals surface area contributed by atoms with Crippen LogP contribution in [0.5, 0.6) is 0 Å². The number of aliphatic hydroxyl groups is 1. The van der Waals surface area contributed by atoms with Gasteiger partial charge in [-0.3, -0.25) is 4.79 Å². The molecule has 0 spiro atoms. The Morgan fingerprint density at radius 2 is 2.11 bits per heavy atom. The van der Waals surface area contributed by atoms with Crippen LogP contribution in [0.3, 0.4) is 0 Å². The number of rotatable bonds is 3. The molecule has 4 heteroatoms. The molecular weight excluding hydrogens is 245 g/mol. The maximum absolute atomic E-state index is 12.9. The van der Waals surface area contributed by atoms with Crippen molar-refractivity contribution in [2.75, 3.05) is 13.2 Å². The molecule has 1 amide bonds. The van der Waals surface area contributed by atoms with Crippen molar-refractivity contribution in [3.8, 4) is 0 Å². The first-order chi connectivity index (χ1) is 9.17. The van der Waals surface area contributed by atoms with Crippen molar-refractivity contribution in [2.45, 2.75) is 25.8 Å². The van der Waals surface area contributed by atoms with E-state index >= 15 is 0 Å². The molecule has 0 aliphatic carbocycles. The molecule has 102 valence electrons. The number of aliphatic hydroxyl groups excluding tert-OH is 1. The van der Waals surface area contributed by atoms with Crippen molar-refractivity contribution in [1.29, 1.82) is 0 Å². The van der Waals surface area contributed by atoms with Crippen molar-refractivity contribution >= 4 is 5.91 Å². The molecule has 0 radical (unpaired) electrons. The van der Waals surface area contributed by atoms with Crippen LogP contribution in [0.4, 0.5) is 4.39 Å². The van der Waals surface area contributed by atoms with Crippen LogP contribution >= 0.6 is 0 Å². The van der Waals surface area contributed by atoms with Gasteiger partial charge in [-0.2, -0.15) is 0 Å². The van der Waals surface area contributed by atoms with Crippen LogP contribution in [0.25, 0.3) is 0 Å². The summed E-state index contributed by atoms with van der Waals surface area (Å²) in [6.07, 6.45) is 3.50. The summed E-state index contributed by atoms with van der Waals surface area (Å²) >= 11 is 0.